The first-order valence-corrected chi connectivity index (χ1v) is 10.3. The van der Waals surface area contributed by atoms with Gasteiger partial charge < -0.3 is 10.6 Å². The first kappa shape index (κ1) is 21.0. The predicted molar refractivity (Wildman–Crippen MR) is 114 cm³/mol. The highest BCUT2D eigenvalue weighted by Gasteiger charge is 2.24. The van der Waals surface area contributed by atoms with Crippen molar-refractivity contribution in [2.24, 2.45) is 5.73 Å². The Morgan fingerprint density at radius 2 is 1.66 bits per heavy atom. The van der Waals surface area contributed by atoms with Gasteiger partial charge in [-0.2, -0.15) is 0 Å². The fourth-order valence-corrected chi connectivity index (χ4v) is 3.73. The summed E-state index contributed by atoms with van der Waals surface area (Å²) in [6.45, 7) is 0.722. The van der Waals surface area contributed by atoms with Gasteiger partial charge in [0.05, 0.1) is 0 Å². The van der Waals surface area contributed by atoms with Crippen molar-refractivity contribution in [2.75, 3.05) is 13.6 Å². The van der Waals surface area contributed by atoms with E-state index in [1.165, 1.54) is 5.56 Å². The second-order valence-corrected chi connectivity index (χ2v) is 7.70. The lowest BCUT2D eigenvalue weighted by molar-refractivity contribution is 0.0792. The van der Waals surface area contributed by atoms with Crippen LogP contribution in [0.4, 0.5) is 0 Å². The van der Waals surface area contributed by atoms with Gasteiger partial charge in [-0.25, -0.2) is 0 Å². The lowest BCUT2D eigenvalue weighted by Crippen LogP contribution is -2.30. The molecule has 0 saturated carbocycles. The van der Waals surface area contributed by atoms with Crippen molar-refractivity contribution in [3.05, 3.63) is 71.3 Å². The summed E-state index contributed by atoms with van der Waals surface area (Å²) in [7, 11) is 1.82. The molecule has 0 aliphatic carbocycles. The molecule has 0 spiro atoms. The van der Waals surface area contributed by atoms with Crippen LogP contribution in [0.2, 0.25) is 0 Å². The van der Waals surface area contributed by atoms with E-state index in [0.29, 0.717) is 23.2 Å². The van der Waals surface area contributed by atoms with Crippen LogP contribution in [0.1, 0.15) is 64.4 Å². The topological polar surface area (TPSA) is 87.5 Å². The molecule has 2 aromatic carbocycles. The summed E-state index contributed by atoms with van der Waals surface area (Å²) in [5.41, 5.74) is 14.3. The minimum atomic E-state index is -0.487. The maximum absolute atomic E-state index is 12.5. The number of carbonyl (C=O) groups is 2. The molecule has 4 N–H and O–H groups in total. The van der Waals surface area contributed by atoms with E-state index < -0.39 is 5.91 Å². The van der Waals surface area contributed by atoms with Gasteiger partial charge in [0, 0.05) is 36.8 Å². The summed E-state index contributed by atoms with van der Waals surface area (Å²) >= 11 is 0. The van der Waals surface area contributed by atoms with E-state index in [9.17, 15) is 9.59 Å². The maximum Gasteiger partial charge on any atom is 0.253 e. The Hall–Kier alpha value is -2.70. The highest BCUT2D eigenvalue weighted by molar-refractivity contribution is 5.97. The second-order valence-electron chi connectivity index (χ2n) is 7.70. The zero-order valence-corrected chi connectivity index (χ0v) is 16.9. The highest BCUT2D eigenvalue weighted by Crippen LogP contribution is 2.24. The molecule has 1 aliphatic rings. The van der Waals surface area contributed by atoms with Crippen LogP contribution < -0.4 is 16.6 Å². The number of primary amides is 1. The molecule has 154 valence electrons. The predicted octanol–water partition coefficient (Wildman–Crippen LogP) is 3.03. The molecule has 1 heterocycles. The highest BCUT2D eigenvalue weighted by atomic mass is 16.2. The molecule has 29 heavy (non-hydrogen) atoms. The molecule has 2 atom stereocenters. The molecule has 2 amide bonds. The summed E-state index contributed by atoms with van der Waals surface area (Å²) in [6.07, 6.45) is 5.43. The number of hydrogen-bond acceptors (Lipinski definition) is 4. The zero-order chi connectivity index (χ0) is 20.6. The third-order valence-electron chi connectivity index (χ3n) is 5.49. The Kier molecular flexibility index (Phi) is 7.38. The monoisotopic (exact) mass is 394 g/mol. The number of nitrogens with zero attached hydrogens (tertiary/aromatic N) is 1. The smallest absolute Gasteiger partial charge is 0.253 e. The van der Waals surface area contributed by atoms with Gasteiger partial charge in [-0.05, 0) is 49.1 Å². The number of hydrogen-bond donors (Lipinski definition) is 3. The summed E-state index contributed by atoms with van der Waals surface area (Å²) in [5.74, 6) is -0.521. The van der Waals surface area contributed by atoms with Crippen molar-refractivity contribution >= 4 is 11.8 Å². The lowest BCUT2D eigenvalue weighted by atomic mass is 9.99. The Morgan fingerprint density at radius 3 is 2.34 bits per heavy atom. The fourth-order valence-electron chi connectivity index (χ4n) is 3.73. The van der Waals surface area contributed by atoms with Crippen LogP contribution in [-0.4, -0.2) is 36.3 Å². The Morgan fingerprint density at radius 1 is 0.966 bits per heavy atom. The molecule has 1 fully saturated rings. The Labute approximate surface area is 172 Å². The van der Waals surface area contributed by atoms with Crippen molar-refractivity contribution in [3.63, 3.8) is 0 Å². The molecule has 6 nitrogen and oxygen atoms in total. The zero-order valence-electron chi connectivity index (χ0n) is 16.9. The van der Waals surface area contributed by atoms with Crippen LogP contribution in [0.25, 0.3) is 0 Å². The number of carbonyl (C=O) groups excluding carboxylic acids is 2. The van der Waals surface area contributed by atoms with Crippen LogP contribution in [0.5, 0.6) is 0 Å². The molecular formula is C23H30N4O2. The van der Waals surface area contributed by atoms with Gasteiger partial charge in [0.25, 0.3) is 5.91 Å². The van der Waals surface area contributed by atoms with E-state index in [-0.39, 0.29) is 5.91 Å². The van der Waals surface area contributed by atoms with Gasteiger partial charge in [-0.1, -0.05) is 43.2 Å². The first-order chi connectivity index (χ1) is 14.0. The molecule has 6 heteroatoms. The van der Waals surface area contributed by atoms with Crippen molar-refractivity contribution in [2.45, 2.75) is 44.2 Å². The van der Waals surface area contributed by atoms with Crippen LogP contribution in [-0.2, 0) is 0 Å². The second kappa shape index (κ2) is 10.2. The van der Waals surface area contributed by atoms with Crippen LogP contribution in [0.15, 0.2) is 54.6 Å². The molecule has 0 aromatic heterocycles. The number of amides is 2. The number of nitrogens with two attached hydrogens (primary N) is 1. The van der Waals surface area contributed by atoms with Gasteiger partial charge in [0.15, 0.2) is 0 Å². The van der Waals surface area contributed by atoms with Gasteiger partial charge in [0.1, 0.15) is 0 Å². The lowest BCUT2D eigenvalue weighted by Gasteiger charge is -2.17. The molecule has 2 unspecified atom stereocenters. The normalized spacial score (nSPS) is 18.5. The van der Waals surface area contributed by atoms with Crippen LogP contribution in [0.3, 0.4) is 0 Å². The van der Waals surface area contributed by atoms with Crippen molar-refractivity contribution < 1.29 is 9.59 Å². The average Bonchev–Trinajstić information content (AvgIpc) is 3.22. The molecular weight excluding hydrogens is 364 g/mol. The summed E-state index contributed by atoms with van der Waals surface area (Å²) in [6, 6.07) is 17.9. The third-order valence-corrected chi connectivity index (χ3v) is 5.49. The van der Waals surface area contributed by atoms with Gasteiger partial charge in [-0.3, -0.25) is 20.4 Å². The van der Waals surface area contributed by atoms with Gasteiger partial charge in [-0.15, -0.1) is 0 Å². The summed E-state index contributed by atoms with van der Waals surface area (Å²) < 4.78 is 0. The Balaban J connectivity index is 1.33. The molecule has 0 radical (unpaired) electrons. The largest absolute Gasteiger partial charge is 0.366 e. The molecule has 3 rings (SSSR count). The minimum absolute atomic E-state index is 0.0339. The van der Waals surface area contributed by atoms with E-state index in [1.54, 1.807) is 29.2 Å². The summed E-state index contributed by atoms with van der Waals surface area (Å²) in [5, 5.41) is 0. The van der Waals surface area contributed by atoms with Gasteiger partial charge in [0.2, 0.25) is 5.91 Å². The molecule has 1 aliphatic heterocycles. The number of hydrazine groups is 1. The van der Waals surface area contributed by atoms with Crippen LogP contribution in [0, 0.1) is 0 Å². The average molecular weight is 395 g/mol. The van der Waals surface area contributed by atoms with E-state index >= 15 is 0 Å². The number of rotatable bonds is 9. The van der Waals surface area contributed by atoms with Crippen molar-refractivity contribution in [1.82, 2.24) is 15.8 Å². The SMILES string of the molecule is CN(CCCCCC1CC(c2ccccc2)NN1)C(=O)c1ccc(C(N)=O)cc1. The standard InChI is InChI=1S/C23H30N4O2/c1-27(23(29)19-13-11-18(12-14-19)22(24)28)15-7-3-6-10-20-16-21(26-25-20)17-8-4-2-5-9-17/h2,4-5,8-9,11-14,20-21,25-26H,3,6-7,10,15-16H2,1H3,(H2,24,28). The first-order valence-electron chi connectivity index (χ1n) is 10.3. The molecule has 0 bridgehead atoms. The van der Waals surface area contributed by atoms with E-state index in [2.05, 4.69) is 35.1 Å². The Bertz CT molecular complexity index is 807. The van der Waals surface area contributed by atoms with Gasteiger partial charge >= 0.3 is 0 Å². The molecule has 2 aromatic rings. The number of benzene rings is 2. The summed E-state index contributed by atoms with van der Waals surface area (Å²) in [4.78, 5) is 25.3. The van der Waals surface area contributed by atoms with E-state index in [1.807, 2.05) is 13.1 Å². The van der Waals surface area contributed by atoms with E-state index in [4.69, 9.17) is 5.73 Å². The van der Waals surface area contributed by atoms with Crippen molar-refractivity contribution in [1.29, 1.82) is 0 Å². The minimum Gasteiger partial charge on any atom is -0.366 e. The molecule has 1 saturated heterocycles. The van der Waals surface area contributed by atoms with Crippen molar-refractivity contribution in [3.8, 4) is 0 Å². The van der Waals surface area contributed by atoms with E-state index in [0.717, 1.165) is 38.6 Å². The number of nitrogens with one attached hydrogen (secondary N) is 2. The van der Waals surface area contributed by atoms with Crippen LogP contribution >= 0.6 is 0 Å². The maximum atomic E-state index is 12.5. The third kappa shape index (κ3) is 5.89. The number of unbranched alkanes of at least 4 members (excludes halogenated alkanes) is 2. The fraction of sp³-hybridized carbons (Fsp3) is 0.391. The quantitative estimate of drug-likeness (QED) is 0.571.